The fraction of sp³-hybridized carbons (Fsp3) is 0.809. The molecule has 3 aliphatic heterocycles. The van der Waals surface area contributed by atoms with Crippen LogP contribution in [0.15, 0.2) is 24.3 Å². The van der Waals surface area contributed by atoms with E-state index in [4.69, 9.17) is 33.2 Å². The van der Waals surface area contributed by atoms with Crippen molar-refractivity contribution in [3.8, 4) is 5.75 Å². The summed E-state index contributed by atoms with van der Waals surface area (Å²) in [6.45, 7) is 20.6. The number of nitrogens with zero attached hydrogens (tertiary/aromatic N) is 2. The molecule has 3 fully saturated rings. The van der Waals surface area contributed by atoms with Crippen molar-refractivity contribution in [2.45, 2.75) is 193 Å². The van der Waals surface area contributed by atoms with Gasteiger partial charge in [-0.1, -0.05) is 32.9 Å². The summed E-state index contributed by atoms with van der Waals surface area (Å²) in [7, 11) is 7.11. The van der Waals surface area contributed by atoms with Crippen molar-refractivity contribution in [3.63, 3.8) is 0 Å². The number of aliphatic hydroxyl groups is 2. The van der Waals surface area contributed by atoms with Gasteiger partial charge in [0.25, 0.3) is 0 Å². The summed E-state index contributed by atoms with van der Waals surface area (Å²) in [4.78, 5) is 44.6. The molecule has 0 saturated carbocycles. The molecule has 1 unspecified atom stereocenters. The number of hydrogen-bond donors (Lipinski definition) is 3. The monoisotopic (exact) mass is 878 g/mol. The third-order valence-electron chi connectivity index (χ3n) is 13.2. The Morgan fingerprint density at radius 3 is 2.29 bits per heavy atom. The van der Waals surface area contributed by atoms with Gasteiger partial charge in [0.05, 0.1) is 30.3 Å². The van der Waals surface area contributed by atoms with E-state index in [9.17, 15) is 24.6 Å². The molecule has 3 aliphatic rings. The zero-order valence-electron chi connectivity index (χ0n) is 40.1. The molecule has 15 atom stereocenters. The number of carbonyl (C=O) groups is 3. The van der Waals surface area contributed by atoms with E-state index in [1.807, 2.05) is 84.8 Å². The van der Waals surface area contributed by atoms with Gasteiger partial charge in [0.15, 0.2) is 18.7 Å². The Labute approximate surface area is 370 Å². The van der Waals surface area contributed by atoms with E-state index in [2.05, 4.69) is 12.2 Å². The molecule has 0 aromatic heterocycles. The van der Waals surface area contributed by atoms with Gasteiger partial charge in [-0.05, 0) is 112 Å². The van der Waals surface area contributed by atoms with E-state index in [1.54, 1.807) is 39.8 Å². The van der Waals surface area contributed by atoms with Crippen LogP contribution in [0.5, 0.6) is 5.75 Å². The van der Waals surface area contributed by atoms with Crippen molar-refractivity contribution in [1.82, 2.24) is 15.1 Å². The smallest absolute Gasteiger partial charge is 0.303 e. The van der Waals surface area contributed by atoms with Crippen LogP contribution in [0.25, 0.3) is 0 Å². The summed E-state index contributed by atoms with van der Waals surface area (Å²) < 4.78 is 44.5. The molecule has 0 spiro atoms. The summed E-state index contributed by atoms with van der Waals surface area (Å²) in [6, 6.07) is 6.81. The van der Waals surface area contributed by atoms with Crippen molar-refractivity contribution in [1.29, 1.82) is 0 Å². The zero-order chi connectivity index (χ0) is 46.5. The molecule has 2 amide bonds. The molecule has 4 rings (SSSR count). The molecule has 0 bridgehead atoms. The first-order chi connectivity index (χ1) is 28.8. The Balaban J connectivity index is 1.81. The summed E-state index contributed by atoms with van der Waals surface area (Å²) in [5.41, 5.74) is -1.92. The van der Waals surface area contributed by atoms with Crippen LogP contribution in [0.4, 0.5) is 0 Å². The predicted octanol–water partition coefficient (Wildman–Crippen LogP) is 4.86. The van der Waals surface area contributed by atoms with Gasteiger partial charge >= 0.3 is 5.97 Å². The lowest BCUT2D eigenvalue weighted by Gasteiger charge is -2.52. The standard InChI is InChI=1S/C47H79N3O12/c1-27-20-21-47(32(6)51,62-44-40(54)37(49(12)13)22-28(2)57-44)30(4)41(60-39-25-46(11,56-15)42(31(5)58-39)59-33(7)52)29(3)43(55)48-35(24-38(53)50(14)26-27)23-34-16-18-36(19-17-34)61-45(8,9)10/h16-19,27-32,35,37,39-42,44,51,54H,20-26H2,1-15H3,(H,48,55)/t27-,28-,29-,30+,31+,32?,35+,37+,39+,40-,41-,42+,44+,46-,47+/m1/s1. The zero-order valence-corrected chi connectivity index (χ0v) is 40.1. The Bertz CT molecular complexity index is 1620. The van der Waals surface area contributed by atoms with Crippen molar-refractivity contribution in [3.05, 3.63) is 29.8 Å². The van der Waals surface area contributed by atoms with Gasteiger partial charge in [-0.15, -0.1) is 0 Å². The molecule has 62 heavy (non-hydrogen) atoms. The lowest BCUT2D eigenvalue weighted by molar-refractivity contribution is -0.334. The maximum atomic E-state index is 14.8. The molecular weight excluding hydrogens is 799 g/mol. The van der Waals surface area contributed by atoms with Gasteiger partial charge in [0.1, 0.15) is 28.7 Å². The average Bonchev–Trinajstić information content (AvgIpc) is 3.17. The molecule has 354 valence electrons. The summed E-state index contributed by atoms with van der Waals surface area (Å²) >= 11 is 0. The lowest BCUT2D eigenvalue weighted by Crippen LogP contribution is -2.63. The number of rotatable bonds is 11. The normalized spacial score (nSPS) is 37.6. The largest absolute Gasteiger partial charge is 0.488 e. The molecule has 15 nitrogen and oxygen atoms in total. The Kier molecular flexibility index (Phi) is 17.9. The van der Waals surface area contributed by atoms with Crippen LogP contribution in [-0.2, 0) is 49.2 Å². The van der Waals surface area contributed by atoms with E-state index in [-0.39, 0.29) is 54.7 Å². The second-order valence-electron chi connectivity index (χ2n) is 19.9. The van der Waals surface area contributed by atoms with Crippen molar-refractivity contribution < 1.29 is 57.8 Å². The molecule has 3 heterocycles. The Morgan fingerprint density at radius 1 is 1.08 bits per heavy atom. The number of aliphatic hydroxyl groups excluding tert-OH is 2. The number of nitrogens with one attached hydrogen (secondary N) is 1. The Hall–Kier alpha value is -2.89. The maximum Gasteiger partial charge on any atom is 0.303 e. The average molecular weight is 878 g/mol. The SMILES string of the molecule is CO[C@]1(C)C[C@H](O[C@@H]2[C@@H](C)C(=O)N[C@@H](Cc3ccc(OC(C)(C)C)cc3)CC(=O)N(C)C[C@H](C)CC[C@@](O[C@@H]3O[C@H](C)C[C@H](N(C)C)[C@H]3O)(C(C)O)[C@H]2C)O[C@@H](C)[C@@H]1OC(C)=O. The predicted molar refractivity (Wildman–Crippen MR) is 234 cm³/mol. The second kappa shape index (κ2) is 21.4. The van der Waals surface area contributed by atoms with Crippen LogP contribution in [0, 0.1) is 17.8 Å². The third kappa shape index (κ3) is 13.1. The number of ether oxygens (including phenoxy) is 7. The van der Waals surface area contributed by atoms with Crippen molar-refractivity contribution in [2.24, 2.45) is 17.8 Å². The number of carbonyl (C=O) groups excluding carboxylic acids is 3. The van der Waals surface area contributed by atoms with Crippen molar-refractivity contribution >= 4 is 17.8 Å². The minimum Gasteiger partial charge on any atom is -0.488 e. The molecular formula is C47H79N3O12. The van der Waals surface area contributed by atoms with Gasteiger partial charge in [0.2, 0.25) is 11.8 Å². The molecule has 1 aromatic carbocycles. The van der Waals surface area contributed by atoms with Crippen LogP contribution in [-0.4, -0.2) is 151 Å². The summed E-state index contributed by atoms with van der Waals surface area (Å²) in [5.74, 6) is -1.90. The second-order valence-corrected chi connectivity index (χ2v) is 19.9. The third-order valence-corrected chi connectivity index (χ3v) is 13.2. The molecule has 3 N–H and O–H groups in total. The highest BCUT2D eigenvalue weighted by atomic mass is 16.7. The minimum absolute atomic E-state index is 0.0326. The summed E-state index contributed by atoms with van der Waals surface area (Å²) in [5, 5.41) is 27.1. The van der Waals surface area contributed by atoms with E-state index < -0.39 is 78.1 Å². The quantitative estimate of drug-likeness (QED) is 0.258. The van der Waals surface area contributed by atoms with Crippen LogP contribution in [0.2, 0.25) is 0 Å². The molecule has 0 radical (unpaired) electrons. The number of esters is 1. The van der Waals surface area contributed by atoms with Crippen LogP contribution >= 0.6 is 0 Å². The van der Waals surface area contributed by atoms with Gasteiger partial charge in [-0.3, -0.25) is 14.4 Å². The number of amides is 2. The van der Waals surface area contributed by atoms with E-state index in [1.165, 1.54) is 6.92 Å². The fourth-order valence-electron chi connectivity index (χ4n) is 9.53. The van der Waals surface area contributed by atoms with Crippen LogP contribution in [0.1, 0.15) is 114 Å². The topological polar surface area (TPSA) is 175 Å². The number of hydrogen-bond acceptors (Lipinski definition) is 13. The minimum atomic E-state index is -1.44. The van der Waals surface area contributed by atoms with Gasteiger partial charge in [-0.25, -0.2) is 0 Å². The Morgan fingerprint density at radius 2 is 1.73 bits per heavy atom. The van der Waals surface area contributed by atoms with E-state index >= 15 is 0 Å². The van der Waals surface area contributed by atoms with E-state index in [0.717, 1.165) is 5.56 Å². The fourth-order valence-corrected chi connectivity index (χ4v) is 9.53. The first-order valence-electron chi connectivity index (χ1n) is 22.5. The lowest BCUT2D eigenvalue weighted by atomic mass is 9.73. The number of methoxy groups -OCH3 is 1. The maximum absolute atomic E-state index is 14.8. The molecule has 3 saturated heterocycles. The molecule has 15 heteroatoms. The highest BCUT2D eigenvalue weighted by molar-refractivity contribution is 5.81. The molecule has 1 aromatic rings. The van der Waals surface area contributed by atoms with Crippen LogP contribution in [0.3, 0.4) is 0 Å². The summed E-state index contributed by atoms with van der Waals surface area (Å²) in [6.07, 6.45) is -4.93. The first kappa shape index (κ1) is 51.7. The molecule has 0 aliphatic carbocycles. The van der Waals surface area contributed by atoms with Gasteiger partial charge in [0, 0.05) is 58.5 Å². The van der Waals surface area contributed by atoms with Crippen LogP contribution < -0.4 is 10.1 Å². The van der Waals surface area contributed by atoms with Crippen molar-refractivity contribution in [2.75, 3.05) is 34.8 Å². The van der Waals surface area contributed by atoms with E-state index in [0.29, 0.717) is 31.6 Å². The van der Waals surface area contributed by atoms with Gasteiger partial charge in [-0.2, -0.15) is 0 Å². The van der Waals surface area contributed by atoms with Gasteiger partial charge < -0.3 is 58.5 Å². The first-order valence-corrected chi connectivity index (χ1v) is 22.5. The number of likely N-dealkylation sites (N-methyl/N-ethyl adjacent to an activating group) is 1. The number of benzene rings is 1. The highest BCUT2D eigenvalue weighted by Gasteiger charge is 2.55. The highest BCUT2D eigenvalue weighted by Crippen LogP contribution is 2.43.